The molecule has 1 N–H and O–H groups in total. The van der Waals surface area contributed by atoms with Crippen LogP contribution in [0.1, 0.15) is 29.7 Å². The van der Waals surface area contributed by atoms with Crippen molar-refractivity contribution in [2.75, 3.05) is 10.8 Å². The standard InChI is InChI=1S/C22H23FN2O3S2/c1-15-10-11-16(2)18(13-15)17(3)24-21(26)14-25(20-8-5-4-7-19(20)23)30(27,28)22-9-6-12-29-22/h4-13,17H,14H2,1-3H3,(H,24,26)/t17-/m0/s1. The van der Waals surface area contributed by atoms with E-state index < -0.39 is 28.3 Å². The van der Waals surface area contributed by atoms with Gasteiger partial charge in [0.2, 0.25) is 5.91 Å². The van der Waals surface area contributed by atoms with E-state index in [1.807, 2.05) is 39.0 Å². The number of rotatable bonds is 7. The van der Waals surface area contributed by atoms with Gasteiger partial charge in [-0.2, -0.15) is 0 Å². The summed E-state index contributed by atoms with van der Waals surface area (Å²) in [5.41, 5.74) is 2.86. The number of para-hydroxylation sites is 1. The van der Waals surface area contributed by atoms with Crippen LogP contribution in [0.5, 0.6) is 0 Å². The van der Waals surface area contributed by atoms with E-state index in [9.17, 15) is 17.6 Å². The lowest BCUT2D eigenvalue weighted by Gasteiger charge is -2.25. The Hall–Kier alpha value is -2.71. The van der Waals surface area contributed by atoms with Crippen LogP contribution in [0.15, 0.2) is 64.2 Å². The van der Waals surface area contributed by atoms with Gasteiger partial charge in [0.1, 0.15) is 16.6 Å². The molecule has 0 aliphatic carbocycles. The first-order chi connectivity index (χ1) is 14.2. The van der Waals surface area contributed by atoms with E-state index in [0.29, 0.717) is 0 Å². The molecule has 1 atom stereocenters. The Labute approximate surface area is 180 Å². The largest absolute Gasteiger partial charge is 0.348 e. The van der Waals surface area contributed by atoms with Crippen LogP contribution in [0, 0.1) is 19.7 Å². The fraction of sp³-hybridized carbons (Fsp3) is 0.227. The molecule has 2 aromatic carbocycles. The third kappa shape index (κ3) is 4.71. The molecule has 0 aliphatic heterocycles. The summed E-state index contributed by atoms with van der Waals surface area (Å²) in [6.07, 6.45) is 0. The molecule has 0 saturated carbocycles. The Morgan fingerprint density at radius 2 is 1.87 bits per heavy atom. The second kappa shape index (κ2) is 8.97. The number of sulfonamides is 1. The van der Waals surface area contributed by atoms with Gasteiger partial charge in [0.15, 0.2) is 0 Å². The molecule has 1 amide bonds. The number of carbonyl (C=O) groups is 1. The first-order valence-corrected chi connectivity index (χ1v) is 11.7. The summed E-state index contributed by atoms with van der Waals surface area (Å²) >= 11 is 1.02. The van der Waals surface area contributed by atoms with Gasteiger partial charge >= 0.3 is 0 Å². The third-order valence-electron chi connectivity index (χ3n) is 4.73. The SMILES string of the molecule is Cc1ccc(C)c([C@H](C)NC(=O)CN(c2ccccc2F)S(=O)(=O)c2cccs2)c1. The van der Waals surface area contributed by atoms with E-state index in [1.165, 1.54) is 30.3 Å². The Bertz CT molecular complexity index is 1140. The maximum absolute atomic E-state index is 14.5. The molecule has 5 nitrogen and oxygen atoms in total. The van der Waals surface area contributed by atoms with Crippen molar-refractivity contribution in [1.82, 2.24) is 5.32 Å². The van der Waals surface area contributed by atoms with Crippen LogP contribution in [0.2, 0.25) is 0 Å². The fourth-order valence-corrected chi connectivity index (χ4v) is 5.73. The molecule has 0 unspecified atom stereocenters. The molecule has 1 aromatic heterocycles. The molecular weight excluding hydrogens is 423 g/mol. The summed E-state index contributed by atoms with van der Waals surface area (Å²) < 4.78 is 41.6. The molecule has 8 heteroatoms. The Kier molecular flexibility index (Phi) is 6.58. The van der Waals surface area contributed by atoms with E-state index in [-0.39, 0.29) is 15.9 Å². The first-order valence-electron chi connectivity index (χ1n) is 9.37. The zero-order valence-corrected chi connectivity index (χ0v) is 18.6. The number of benzene rings is 2. The molecule has 0 spiro atoms. The van der Waals surface area contributed by atoms with E-state index in [2.05, 4.69) is 5.32 Å². The first kappa shape index (κ1) is 22.0. The third-order valence-corrected chi connectivity index (χ3v) is 7.86. The predicted molar refractivity (Wildman–Crippen MR) is 118 cm³/mol. The highest BCUT2D eigenvalue weighted by Crippen LogP contribution is 2.28. The smallest absolute Gasteiger partial charge is 0.274 e. The minimum absolute atomic E-state index is 0.0427. The Balaban J connectivity index is 1.89. The van der Waals surface area contributed by atoms with Crippen LogP contribution in [-0.2, 0) is 14.8 Å². The molecule has 3 rings (SSSR count). The van der Waals surface area contributed by atoms with Crippen molar-refractivity contribution in [1.29, 1.82) is 0 Å². The number of anilines is 1. The molecule has 0 bridgehead atoms. The topological polar surface area (TPSA) is 66.5 Å². The summed E-state index contributed by atoms with van der Waals surface area (Å²) in [7, 11) is -4.09. The van der Waals surface area contributed by atoms with Crippen molar-refractivity contribution < 1.29 is 17.6 Å². The van der Waals surface area contributed by atoms with Gasteiger partial charge < -0.3 is 5.32 Å². The number of halogens is 1. The summed E-state index contributed by atoms with van der Waals surface area (Å²) in [5, 5.41) is 4.46. The lowest BCUT2D eigenvalue weighted by molar-refractivity contribution is -0.120. The van der Waals surface area contributed by atoms with Gasteiger partial charge in [0, 0.05) is 0 Å². The van der Waals surface area contributed by atoms with Crippen molar-refractivity contribution in [2.45, 2.75) is 31.0 Å². The van der Waals surface area contributed by atoms with Crippen molar-refractivity contribution in [3.8, 4) is 0 Å². The van der Waals surface area contributed by atoms with Crippen molar-refractivity contribution in [3.05, 3.63) is 82.5 Å². The molecule has 0 fully saturated rings. The summed E-state index contributed by atoms with van der Waals surface area (Å²) in [6.45, 7) is 5.21. The highest BCUT2D eigenvalue weighted by atomic mass is 32.2. The van der Waals surface area contributed by atoms with E-state index in [0.717, 1.165) is 32.3 Å². The normalized spacial score (nSPS) is 12.4. The van der Waals surface area contributed by atoms with E-state index in [1.54, 1.807) is 11.4 Å². The van der Waals surface area contributed by atoms with Gasteiger partial charge in [-0.25, -0.2) is 12.8 Å². The zero-order valence-electron chi connectivity index (χ0n) is 16.9. The minimum atomic E-state index is -4.09. The van der Waals surface area contributed by atoms with E-state index >= 15 is 0 Å². The Morgan fingerprint density at radius 3 is 2.53 bits per heavy atom. The van der Waals surface area contributed by atoms with Crippen LogP contribution < -0.4 is 9.62 Å². The summed E-state index contributed by atoms with van der Waals surface area (Å²) in [5.74, 6) is -1.24. The van der Waals surface area contributed by atoms with Gasteiger partial charge in [-0.15, -0.1) is 11.3 Å². The fourth-order valence-electron chi connectivity index (χ4n) is 3.19. The molecule has 3 aromatic rings. The minimum Gasteiger partial charge on any atom is -0.348 e. The van der Waals surface area contributed by atoms with Crippen molar-refractivity contribution in [3.63, 3.8) is 0 Å². The second-order valence-corrected chi connectivity index (χ2v) is 10.1. The predicted octanol–water partition coefficient (Wildman–Crippen LogP) is 4.58. The molecule has 0 aliphatic rings. The number of thiophene rings is 1. The van der Waals surface area contributed by atoms with Crippen molar-refractivity contribution >= 4 is 33.0 Å². The van der Waals surface area contributed by atoms with E-state index in [4.69, 9.17) is 0 Å². The quantitative estimate of drug-likeness (QED) is 0.578. The second-order valence-electron chi connectivity index (χ2n) is 7.04. The number of hydrogen-bond acceptors (Lipinski definition) is 4. The number of aryl methyl sites for hydroxylation is 2. The number of amides is 1. The highest BCUT2D eigenvalue weighted by Gasteiger charge is 2.30. The maximum atomic E-state index is 14.5. The van der Waals surface area contributed by atoms with Crippen LogP contribution in [0.25, 0.3) is 0 Å². The van der Waals surface area contributed by atoms with Crippen LogP contribution in [0.3, 0.4) is 0 Å². The lowest BCUT2D eigenvalue weighted by atomic mass is 10.00. The van der Waals surface area contributed by atoms with Gasteiger partial charge in [0.25, 0.3) is 10.0 Å². The molecule has 30 heavy (non-hydrogen) atoms. The summed E-state index contributed by atoms with van der Waals surface area (Å²) in [6, 6.07) is 14.2. The summed E-state index contributed by atoms with van der Waals surface area (Å²) in [4.78, 5) is 12.8. The van der Waals surface area contributed by atoms with Gasteiger partial charge in [0.05, 0.1) is 11.7 Å². The lowest BCUT2D eigenvalue weighted by Crippen LogP contribution is -2.41. The molecular formula is C22H23FN2O3S2. The van der Waals surface area contributed by atoms with Crippen LogP contribution in [-0.4, -0.2) is 20.9 Å². The zero-order chi connectivity index (χ0) is 21.9. The number of nitrogens with one attached hydrogen (secondary N) is 1. The van der Waals surface area contributed by atoms with Crippen LogP contribution >= 0.6 is 11.3 Å². The molecule has 158 valence electrons. The average Bonchev–Trinajstić information content (AvgIpc) is 3.24. The maximum Gasteiger partial charge on any atom is 0.274 e. The molecule has 1 heterocycles. The number of hydrogen-bond donors (Lipinski definition) is 1. The van der Waals surface area contributed by atoms with Gasteiger partial charge in [-0.05, 0) is 55.5 Å². The highest BCUT2D eigenvalue weighted by molar-refractivity contribution is 7.94. The monoisotopic (exact) mass is 446 g/mol. The molecule has 0 radical (unpaired) electrons. The van der Waals surface area contributed by atoms with Gasteiger partial charge in [-0.1, -0.05) is 42.0 Å². The van der Waals surface area contributed by atoms with Crippen molar-refractivity contribution in [2.24, 2.45) is 0 Å². The number of carbonyl (C=O) groups excluding carboxylic acids is 1. The van der Waals surface area contributed by atoms with Gasteiger partial charge in [-0.3, -0.25) is 9.10 Å². The average molecular weight is 447 g/mol. The van der Waals surface area contributed by atoms with Crippen LogP contribution in [0.4, 0.5) is 10.1 Å². The number of nitrogens with zero attached hydrogens (tertiary/aromatic N) is 1. The molecule has 0 saturated heterocycles. The Morgan fingerprint density at radius 1 is 1.13 bits per heavy atom.